The van der Waals surface area contributed by atoms with Crippen LogP contribution >= 0.6 is 0 Å². The third-order valence-electron chi connectivity index (χ3n) is 6.74. The lowest BCUT2D eigenvalue weighted by Crippen LogP contribution is -2.30. The van der Waals surface area contributed by atoms with E-state index >= 15 is 0 Å². The Bertz CT molecular complexity index is 974. The van der Waals surface area contributed by atoms with Crippen molar-refractivity contribution in [2.45, 2.75) is 72.6 Å². The summed E-state index contributed by atoms with van der Waals surface area (Å²) in [5, 5.41) is 5.78. The van der Waals surface area contributed by atoms with Crippen molar-refractivity contribution in [2.75, 3.05) is 36.8 Å². The molecule has 0 spiro atoms. The molecule has 2 rings (SSSR count). The molecule has 8 heteroatoms. The number of hydrogen-bond donors (Lipinski definition) is 2. The summed E-state index contributed by atoms with van der Waals surface area (Å²) < 4.78 is 0. The summed E-state index contributed by atoms with van der Waals surface area (Å²) in [6.45, 7) is 10.5. The second kappa shape index (κ2) is 17.0. The second-order valence-electron chi connectivity index (χ2n) is 9.47. The Hall–Kier alpha value is -3.68. The fraction of sp³-hybridized carbons (Fsp3) is 0.484. The van der Waals surface area contributed by atoms with Crippen LogP contribution in [0, 0.1) is 0 Å². The van der Waals surface area contributed by atoms with Crippen molar-refractivity contribution in [3.05, 3.63) is 59.7 Å². The van der Waals surface area contributed by atoms with Crippen LogP contribution in [0.15, 0.2) is 48.5 Å². The summed E-state index contributed by atoms with van der Waals surface area (Å²) >= 11 is 0. The van der Waals surface area contributed by atoms with Crippen molar-refractivity contribution >= 4 is 35.0 Å². The lowest BCUT2D eigenvalue weighted by molar-refractivity contribution is -0.117. The van der Waals surface area contributed by atoms with E-state index in [2.05, 4.69) is 10.6 Å². The van der Waals surface area contributed by atoms with Gasteiger partial charge in [-0.2, -0.15) is 0 Å². The molecule has 0 saturated heterocycles. The number of carbonyl (C=O) groups excluding carboxylic acids is 4. The van der Waals surface area contributed by atoms with Crippen molar-refractivity contribution in [1.82, 2.24) is 9.80 Å². The molecule has 0 radical (unpaired) electrons. The maximum absolute atomic E-state index is 12.4. The first-order chi connectivity index (χ1) is 18.8. The van der Waals surface area contributed by atoms with Crippen molar-refractivity contribution in [3.63, 3.8) is 0 Å². The van der Waals surface area contributed by atoms with E-state index in [9.17, 15) is 19.2 Å². The number of unbranched alkanes of at least 4 members (excludes halogenated alkanes) is 4. The van der Waals surface area contributed by atoms with Crippen LogP contribution in [0.5, 0.6) is 0 Å². The van der Waals surface area contributed by atoms with Gasteiger partial charge in [0.25, 0.3) is 11.8 Å². The van der Waals surface area contributed by atoms with Crippen LogP contribution in [0.4, 0.5) is 11.4 Å². The molecule has 0 aliphatic rings. The smallest absolute Gasteiger partial charge is 0.253 e. The van der Waals surface area contributed by atoms with Gasteiger partial charge >= 0.3 is 0 Å². The summed E-state index contributed by atoms with van der Waals surface area (Å²) in [5.74, 6) is -0.0924. The van der Waals surface area contributed by atoms with Gasteiger partial charge in [-0.15, -0.1) is 0 Å². The molecule has 2 aromatic carbocycles. The molecule has 0 heterocycles. The van der Waals surface area contributed by atoms with E-state index in [-0.39, 0.29) is 23.6 Å². The first-order valence-corrected chi connectivity index (χ1v) is 14.2. The summed E-state index contributed by atoms with van der Waals surface area (Å²) in [7, 11) is 0. The number of rotatable bonds is 16. The molecule has 2 aromatic rings. The average molecular weight is 537 g/mol. The number of nitrogens with one attached hydrogen (secondary N) is 2. The molecule has 0 bridgehead atoms. The third kappa shape index (κ3) is 10.5. The maximum Gasteiger partial charge on any atom is 0.253 e. The number of amides is 4. The molecule has 0 fully saturated rings. The minimum absolute atomic E-state index is 0.00638. The number of carbonyl (C=O) groups is 4. The normalized spacial score (nSPS) is 10.6. The van der Waals surface area contributed by atoms with Gasteiger partial charge in [-0.3, -0.25) is 19.2 Å². The zero-order valence-corrected chi connectivity index (χ0v) is 23.9. The van der Waals surface area contributed by atoms with Crippen LogP contribution in [0.3, 0.4) is 0 Å². The molecule has 0 atom stereocenters. The SMILES string of the molecule is CCN(CC)C(=O)c1ccc(NC(=O)CCCCCCCC(=O)Nc2ccc(C(=O)N(CC)CC)cc2)cc1. The fourth-order valence-electron chi connectivity index (χ4n) is 4.33. The predicted molar refractivity (Wildman–Crippen MR) is 157 cm³/mol. The van der Waals surface area contributed by atoms with Gasteiger partial charge in [0.15, 0.2) is 0 Å². The molecule has 0 saturated carbocycles. The Morgan fingerprint density at radius 2 is 0.821 bits per heavy atom. The minimum atomic E-state index is -0.0398. The van der Waals surface area contributed by atoms with Gasteiger partial charge in [0, 0.05) is 61.5 Å². The van der Waals surface area contributed by atoms with Gasteiger partial charge in [-0.1, -0.05) is 19.3 Å². The Kier molecular flexibility index (Phi) is 13.8. The highest BCUT2D eigenvalue weighted by Crippen LogP contribution is 2.15. The van der Waals surface area contributed by atoms with Gasteiger partial charge in [0.2, 0.25) is 11.8 Å². The van der Waals surface area contributed by atoms with Crippen LogP contribution < -0.4 is 10.6 Å². The first-order valence-electron chi connectivity index (χ1n) is 14.2. The van der Waals surface area contributed by atoms with Gasteiger partial charge in [0.1, 0.15) is 0 Å². The van der Waals surface area contributed by atoms with Crippen molar-refractivity contribution in [2.24, 2.45) is 0 Å². The van der Waals surface area contributed by atoms with Crippen molar-refractivity contribution in [1.29, 1.82) is 0 Å². The second-order valence-corrected chi connectivity index (χ2v) is 9.47. The number of nitrogens with zero attached hydrogens (tertiary/aromatic N) is 2. The number of anilines is 2. The van der Waals surface area contributed by atoms with Gasteiger partial charge < -0.3 is 20.4 Å². The molecule has 4 amide bonds. The van der Waals surface area contributed by atoms with Crippen molar-refractivity contribution < 1.29 is 19.2 Å². The largest absolute Gasteiger partial charge is 0.339 e. The molecular formula is C31H44N4O4. The van der Waals surface area contributed by atoms with Gasteiger partial charge in [0.05, 0.1) is 0 Å². The predicted octanol–water partition coefficient (Wildman–Crippen LogP) is 5.96. The Morgan fingerprint density at radius 3 is 1.13 bits per heavy atom. The average Bonchev–Trinajstić information content (AvgIpc) is 2.94. The fourth-order valence-corrected chi connectivity index (χ4v) is 4.33. The molecule has 8 nitrogen and oxygen atoms in total. The van der Waals surface area contributed by atoms with E-state index in [4.69, 9.17) is 0 Å². The van der Waals surface area contributed by atoms with Crippen LogP contribution in [0.25, 0.3) is 0 Å². The van der Waals surface area contributed by atoms with Crippen LogP contribution in [-0.2, 0) is 9.59 Å². The highest BCUT2D eigenvalue weighted by molar-refractivity contribution is 5.96. The number of benzene rings is 2. The number of hydrogen-bond acceptors (Lipinski definition) is 4. The summed E-state index contributed by atoms with van der Waals surface area (Å²) in [5.41, 5.74) is 2.61. The maximum atomic E-state index is 12.4. The Labute approximate surface area is 233 Å². The zero-order chi connectivity index (χ0) is 28.6. The highest BCUT2D eigenvalue weighted by atomic mass is 16.2. The van der Waals surface area contributed by atoms with E-state index in [1.165, 1.54) is 0 Å². The topological polar surface area (TPSA) is 98.8 Å². The molecule has 0 aliphatic heterocycles. The van der Waals surface area contributed by atoms with E-state index in [0.29, 0.717) is 61.5 Å². The molecule has 0 unspecified atom stereocenters. The third-order valence-corrected chi connectivity index (χ3v) is 6.74. The standard InChI is InChI=1S/C31H44N4O4/c1-5-34(6-2)30(38)24-16-20-26(21-17-24)32-28(36)14-12-10-9-11-13-15-29(37)33-27-22-18-25(19-23-27)31(39)35(7-3)8-4/h16-23H,5-15H2,1-4H3,(H,32,36)(H,33,37). The Morgan fingerprint density at radius 1 is 0.513 bits per heavy atom. The van der Waals surface area contributed by atoms with E-state index in [1.54, 1.807) is 58.3 Å². The zero-order valence-electron chi connectivity index (χ0n) is 23.9. The molecular weight excluding hydrogens is 492 g/mol. The molecule has 0 aliphatic carbocycles. The highest BCUT2D eigenvalue weighted by Gasteiger charge is 2.13. The van der Waals surface area contributed by atoms with Gasteiger partial charge in [-0.25, -0.2) is 0 Å². The quantitative estimate of drug-likeness (QED) is 0.259. The lowest BCUT2D eigenvalue weighted by Gasteiger charge is -2.18. The van der Waals surface area contributed by atoms with Crippen LogP contribution in [0.1, 0.15) is 93.4 Å². The molecule has 39 heavy (non-hydrogen) atoms. The van der Waals surface area contributed by atoms with Gasteiger partial charge in [-0.05, 0) is 89.1 Å². The molecule has 0 aromatic heterocycles. The van der Waals surface area contributed by atoms with E-state index in [0.717, 1.165) is 32.1 Å². The molecule has 2 N–H and O–H groups in total. The van der Waals surface area contributed by atoms with E-state index in [1.807, 2.05) is 27.7 Å². The van der Waals surface area contributed by atoms with Crippen molar-refractivity contribution in [3.8, 4) is 0 Å². The monoisotopic (exact) mass is 536 g/mol. The van der Waals surface area contributed by atoms with Crippen LogP contribution in [-0.4, -0.2) is 59.6 Å². The first kappa shape index (κ1) is 31.5. The van der Waals surface area contributed by atoms with Crippen LogP contribution in [0.2, 0.25) is 0 Å². The summed E-state index contributed by atoms with van der Waals surface area (Å²) in [6.07, 6.45) is 5.26. The Balaban J connectivity index is 1.59. The minimum Gasteiger partial charge on any atom is -0.339 e. The summed E-state index contributed by atoms with van der Waals surface area (Å²) in [4.78, 5) is 52.8. The lowest BCUT2D eigenvalue weighted by atomic mass is 10.1. The summed E-state index contributed by atoms with van der Waals surface area (Å²) in [6, 6.07) is 14.0. The van der Waals surface area contributed by atoms with E-state index < -0.39 is 0 Å². The molecule has 212 valence electrons.